The topological polar surface area (TPSA) is 97.6 Å². The number of rotatable bonds is 6. The lowest BCUT2D eigenvalue weighted by atomic mass is 9.88. The molecule has 1 saturated heterocycles. The average molecular weight is 599 g/mol. The molecule has 8 nitrogen and oxygen atoms in total. The highest BCUT2D eigenvalue weighted by atomic mass is 35.5. The van der Waals surface area contributed by atoms with Crippen LogP contribution in [0, 0.1) is 0 Å². The summed E-state index contributed by atoms with van der Waals surface area (Å²) in [5, 5.41) is 13.4. The average Bonchev–Trinajstić information content (AvgIpc) is 3.45. The molecule has 1 N–H and O–H groups in total. The summed E-state index contributed by atoms with van der Waals surface area (Å²) in [6, 6.07) is 17.7. The zero-order valence-corrected chi connectivity index (χ0v) is 23.2. The Morgan fingerprint density at radius 2 is 1.76 bits per heavy atom. The quantitative estimate of drug-likeness (QED) is 0.250. The van der Waals surface area contributed by atoms with Crippen LogP contribution in [-0.2, 0) is 10.9 Å². The minimum Gasteiger partial charge on any atom is -0.478 e. The molecule has 0 radical (unpaired) electrons. The largest absolute Gasteiger partial charge is 0.478 e. The van der Waals surface area contributed by atoms with Crippen molar-refractivity contribution >= 4 is 23.7 Å². The summed E-state index contributed by atoms with van der Waals surface area (Å²) in [6.07, 6.45) is -2.97. The number of hydrogen-bond donors (Lipinski definition) is 1. The number of amides is 1. The van der Waals surface area contributed by atoms with Gasteiger partial charge < -0.3 is 14.7 Å². The zero-order chi connectivity index (χ0) is 30.0. The second-order valence-corrected chi connectivity index (χ2v) is 10.2. The van der Waals surface area contributed by atoms with E-state index in [0.29, 0.717) is 52.8 Å². The fraction of sp³-hybridized carbons (Fsp3) is 0.267. The van der Waals surface area contributed by atoms with E-state index in [0.717, 1.165) is 29.5 Å². The van der Waals surface area contributed by atoms with E-state index in [-0.39, 0.29) is 11.9 Å². The first-order valence-electron chi connectivity index (χ1n) is 13.2. The summed E-state index contributed by atoms with van der Waals surface area (Å²) in [7, 11) is 0. The van der Waals surface area contributed by atoms with Crippen molar-refractivity contribution in [3.05, 3.63) is 88.7 Å². The number of likely N-dealkylation sites (tertiary alicyclic amines) is 1. The molecule has 0 saturated carbocycles. The van der Waals surface area contributed by atoms with Gasteiger partial charge in [0.2, 0.25) is 0 Å². The third kappa shape index (κ3) is 5.96. The van der Waals surface area contributed by atoms with Crippen molar-refractivity contribution in [2.75, 3.05) is 19.7 Å². The monoisotopic (exact) mass is 598 g/mol. The Balaban J connectivity index is 1.45. The van der Waals surface area contributed by atoms with Crippen molar-refractivity contribution < 1.29 is 32.6 Å². The summed E-state index contributed by atoms with van der Waals surface area (Å²) < 4.78 is 47.0. The minimum absolute atomic E-state index is 0.192. The summed E-state index contributed by atoms with van der Waals surface area (Å²) in [5.41, 5.74) is 1.28. The van der Waals surface area contributed by atoms with Gasteiger partial charge in [-0.2, -0.15) is 18.3 Å². The van der Waals surface area contributed by atoms with Gasteiger partial charge in [-0.15, -0.1) is 0 Å². The number of carbonyl (C=O) groups excluding carboxylic acids is 1. The molecule has 0 atom stereocenters. The Morgan fingerprint density at radius 1 is 1.05 bits per heavy atom. The van der Waals surface area contributed by atoms with Gasteiger partial charge in [0.1, 0.15) is 5.56 Å². The van der Waals surface area contributed by atoms with E-state index in [2.05, 4.69) is 10.1 Å². The molecule has 0 unspecified atom stereocenters. The van der Waals surface area contributed by atoms with Crippen LogP contribution < -0.4 is 0 Å². The van der Waals surface area contributed by atoms with Crippen molar-refractivity contribution in [1.82, 2.24) is 19.7 Å². The van der Waals surface area contributed by atoms with Gasteiger partial charge in [0.05, 0.1) is 18.5 Å². The van der Waals surface area contributed by atoms with Crippen LogP contribution in [0.25, 0.3) is 28.2 Å². The molecule has 12 heteroatoms. The van der Waals surface area contributed by atoms with Gasteiger partial charge in [0.15, 0.2) is 11.5 Å². The molecule has 5 rings (SSSR count). The number of aromatic nitrogens is 3. The number of alkyl halides is 3. The normalized spacial score (nSPS) is 14.2. The molecule has 1 aliphatic heterocycles. The van der Waals surface area contributed by atoms with Crippen molar-refractivity contribution in [2.24, 2.45) is 0 Å². The number of carboxylic acid groups (broad SMARTS) is 1. The molecule has 0 aliphatic carbocycles. The van der Waals surface area contributed by atoms with Gasteiger partial charge in [-0.3, -0.25) is 0 Å². The SMILES string of the molecule is CCOC(=O)N1CCC(c2ccc(-c3ccc(Cl)cc3-c3cccc(-n4ncc(C(=O)O)c4C(F)(F)F)n3)cc2)CC1. The molecule has 4 aromatic rings. The van der Waals surface area contributed by atoms with Crippen LogP contribution in [0.3, 0.4) is 0 Å². The van der Waals surface area contributed by atoms with Crippen molar-refractivity contribution in [1.29, 1.82) is 0 Å². The fourth-order valence-electron chi connectivity index (χ4n) is 5.17. The number of carbonyl (C=O) groups is 2. The third-order valence-electron chi connectivity index (χ3n) is 7.19. The lowest BCUT2D eigenvalue weighted by Crippen LogP contribution is -2.38. The summed E-state index contributed by atoms with van der Waals surface area (Å²) >= 11 is 6.32. The molecule has 218 valence electrons. The zero-order valence-electron chi connectivity index (χ0n) is 22.4. The van der Waals surface area contributed by atoms with Crippen molar-refractivity contribution in [2.45, 2.75) is 31.9 Å². The molecule has 1 amide bonds. The minimum atomic E-state index is -4.97. The Labute approximate surface area is 244 Å². The van der Waals surface area contributed by atoms with E-state index < -0.39 is 23.4 Å². The number of hydrogen-bond acceptors (Lipinski definition) is 5. The first kappa shape index (κ1) is 29.1. The Bertz CT molecular complexity index is 1610. The van der Waals surface area contributed by atoms with Crippen LogP contribution in [0.4, 0.5) is 18.0 Å². The number of nitrogens with zero attached hydrogens (tertiary/aromatic N) is 4. The Hall–Kier alpha value is -4.38. The van der Waals surface area contributed by atoms with E-state index >= 15 is 0 Å². The highest BCUT2D eigenvalue weighted by molar-refractivity contribution is 6.31. The van der Waals surface area contributed by atoms with Crippen LogP contribution in [-0.4, -0.2) is 56.5 Å². The molecule has 42 heavy (non-hydrogen) atoms. The first-order valence-corrected chi connectivity index (χ1v) is 13.6. The van der Waals surface area contributed by atoms with Crippen LogP contribution in [0.15, 0.2) is 66.9 Å². The van der Waals surface area contributed by atoms with Crippen molar-refractivity contribution in [3.63, 3.8) is 0 Å². The molecule has 0 spiro atoms. The second-order valence-electron chi connectivity index (χ2n) is 9.77. The third-order valence-corrected chi connectivity index (χ3v) is 7.43. The molecule has 0 bridgehead atoms. The highest BCUT2D eigenvalue weighted by Crippen LogP contribution is 2.37. The maximum absolute atomic E-state index is 13.8. The molecule has 2 aromatic heterocycles. The predicted octanol–water partition coefficient (Wildman–Crippen LogP) is 7.31. The standard InChI is InChI=1S/C30H26ClF3N4O4/c1-2-42-29(41)37-14-12-19(13-15-37)18-6-8-20(9-7-18)22-11-10-21(31)16-23(22)25-4-3-5-26(36-25)38-27(30(32,33)34)24(17-35-38)28(39)40/h3-11,16-17,19H,2,12-15H2,1H3,(H,39,40). The van der Waals surface area contributed by atoms with E-state index in [1.165, 1.54) is 12.1 Å². The van der Waals surface area contributed by atoms with Gasteiger partial charge in [-0.1, -0.05) is 48.0 Å². The number of carboxylic acids is 1. The Morgan fingerprint density at radius 3 is 2.40 bits per heavy atom. The molecular weight excluding hydrogens is 573 g/mol. The number of benzene rings is 2. The van der Waals surface area contributed by atoms with Crippen LogP contribution >= 0.6 is 11.6 Å². The molecule has 1 fully saturated rings. The highest BCUT2D eigenvalue weighted by Gasteiger charge is 2.41. The molecule has 3 heterocycles. The number of piperidine rings is 1. The first-order chi connectivity index (χ1) is 20.1. The smallest absolute Gasteiger partial charge is 0.434 e. The van der Waals surface area contributed by atoms with E-state index in [4.69, 9.17) is 16.3 Å². The number of ether oxygens (including phenoxy) is 1. The van der Waals surface area contributed by atoms with Gasteiger partial charge in [0, 0.05) is 23.7 Å². The lowest BCUT2D eigenvalue weighted by Gasteiger charge is -2.31. The van der Waals surface area contributed by atoms with E-state index in [9.17, 15) is 27.9 Å². The Kier molecular flexibility index (Phi) is 8.22. The maximum atomic E-state index is 13.8. The fourth-order valence-corrected chi connectivity index (χ4v) is 5.34. The lowest BCUT2D eigenvalue weighted by molar-refractivity contribution is -0.143. The number of halogens is 4. The van der Waals surface area contributed by atoms with Gasteiger partial charge in [-0.25, -0.2) is 19.3 Å². The van der Waals surface area contributed by atoms with E-state index in [1.54, 1.807) is 30.0 Å². The van der Waals surface area contributed by atoms with Crippen LogP contribution in [0.2, 0.25) is 5.02 Å². The van der Waals surface area contributed by atoms with Crippen LogP contribution in [0.5, 0.6) is 0 Å². The summed E-state index contributed by atoms with van der Waals surface area (Å²) in [6.45, 7) is 3.37. The summed E-state index contributed by atoms with van der Waals surface area (Å²) in [5.74, 6) is -1.64. The maximum Gasteiger partial charge on any atom is 0.434 e. The van der Waals surface area contributed by atoms with Gasteiger partial charge >= 0.3 is 18.2 Å². The number of pyridine rings is 1. The van der Waals surface area contributed by atoms with Crippen molar-refractivity contribution in [3.8, 4) is 28.2 Å². The predicted molar refractivity (Wildman–Crippen MR) is 150 cm³/mol. The number of aromatic carboxylic acids is 1. The van der Waals surface area contributed by atoms with E-state index in [1.807, 2.05) is 30.3 Å². The molecule has 2 aromatic carbocycles. The van der Waals surface area contributed by atoms with Gasteiger partial charge in [-0.05, 0) is 66.6 Å². The molecule has 1 aliphatic rings. The summed E-state index contributed by atoms with van der Waals surface area (Å²) in [4.78, 5) is 29.6. The second kappa shape index (κ2) is 11.8. The van der Waals surface area contributed by atoms with Crippen LogP contribution in [0.1, 0.15) is 47.3 Å². The molecular formula is C30H26ClF3N4O4. The van der Waals surface area contributed by atoms with Gasteiger partial charge in [0.25, 0.3) is 0 Å².